The first-order valence-corrected chi connectivity index (χ1v) is 11.7. The van der Waals surface area contributed by atoms with Crippen molar-refractivity contribution in [2.75, 3.05) is 11.9 Å². The van der Waals surface area contributed by atoms with Crippen LogP contribution in [0.4, 0.5) is 5.69 Å². The second kappa shape index (κ2) is 7.20. The van der Waals surface area contributed by atoms with Gasteiger partial charge in [-0.3, -0.25) is 19.3 Å². The monoisotopic (exact) mass is 518 g/mol. The molecule has 0 radical (unpaired) electrons. The Balaban J connectivity index is 1.27. The molecule has 150 valence electrons. The Morgan fingerprint density at radius 2 is 1.59 bits per heavy atom. The molecule has 29 heavy (non-hydrogen) atoms. The van der Waals surface area contributed by atoms with Gasteiger partial charge in [-0.15, -0.1) is 0 Å². The van der Waals surface area contributed by atoms with Crippen molar-refractivity contribution in [3.05, 3.63) is 42.5 Å². The van der Waals surface area contributed by atoms with Gasteiger partial charge in [-0.05, 0) is 29.7 Å². The van der Waals surface area contributed by atoms with Crippen LogP contribution in [0, 0.1) is 23.7 Å². The number of nitrogens with one attached hydrogen (secondary N) is 1. The number of amides is 3. The van der Waals surface area contributed by atoms with Gasteiger partial charge in [-0.2, -0.15) is 0 Å². The molecule has 2 aliphatic carbocycles. The van der Waals surface area contributed by atoms with Crippen LogP contribution >= 0.6 is 31.9 Å². The third-order valence-electron chi connectivity index (χ3n) is 6.70. The molecular formula is C22H20Br2N2O3. The van der Waals surface area contributed by atoms with Crippen LogP contribution < -0.4 is 5.32 Å². The molecule has 2 aromatic rings. The van der Waals surface area contributed by atoms with Crippen molar-refractivity contribution in [1.29, 1.82) is 0 Å². The fraction of sp³-hybridized carbons (Fsp3) is 0.409. The molecule has 0 unspecified atom stereocenters. The van der Waals surface area contributed by atoms with E-state index < -0.39 is 0 Å². The molecule has 0 spiro atoms. The summed E-state index contributed by atoms with van der Waals surface area (Å²) in [5.74, 6) is -0.471. The standard InChI is InChI=1S/C22H20Br2N2O3/c23-19-13-10-14(20(19)24)18-17(13)21(28)26(22(18)29)9-8-16(27)25-15-7-3-5-11-4-1-2-6-12(11)15/h1-7,13-14,17-20H,8-10H2,(H,25,27)/t13-,14-,17-,18-,19+,20+/m1/s1. The average molecular weight is 520 g/mol. The fourth-order valence-electron chi connectivity index (χ4n) is 5.39. The largest absolute Gasteiger partial charge is 0.325 e. The number of imide groups is 1. The summed E-state index contributed by atoms with van der Waals surface area (Å²) in [7, 11) is 0. The summed E-state index contributed by atoms with van der Waals surface area (Å²) in [5, 5.41) is 4.95. The van der Waals surface area contributed by atoms with Crippen molar-refractivity contribution in [3.8, 4) is 0 Å². The lowest BCUT2D eigenvalue weighted by Crippen LogP contribution is -2.37. The van der Waals surface area contributed by atoms with E-state index in [4.69, 9.17) is 0 Å². The number of carbonyl (C=O) groups is 3. The van der Waals surface area contributed by atoms with E-state index in [1.807, 2.05) is 42.5 Å². The van der Waals surface area contributed by atoms with Gasteiger partial charge in [-0.1, -0.05) is 68.3 Å². The van der Waals surface area contributed by atoms with Crippen molar-refractivity contribution in [2.24, 2.45) is 23.7 Å². The van der Waals surface area contributed by atoms with Crippen LogP contribution in [-0.2, 0) is 14.4 Å². The molecule has 2 bridgehead atoms. The van der Waals surface area contributed by atoms with Crippen LogP contribution in [-0.4, -0.2) is 38.8 Å². The van der Waals surface area contributed by atoms with E-state index >= 15 is 0 Å². The molecule has 3 aliphatic rings. The molecule has 1 heterocycles. The van der Waals surface area contributed by atoms with Crippen molar-refractivity contribution >= 4 is 66.0 Å². The normalized spacial score (nSPS) is 32.8. The number of anilines is 1. The van der Waals surface area contributed by atoms with Gasteiger partial charge in [0, 0.05) is 33.7 Å². The number of rotatable bonds is 4. The molecule has 6 atom stereocenters. The van der Waals surface area contributed by atoms with E-state index in [0.717, 1.165) is 22.9 Å². The Kier molecular flexibility index (Phi) is 4.78. The molecule has 3 amide bonds. The van der Waals surface area contributed by atoms with Crippen LogP contribution in [0.25, 0.3) is 10.8 Å². The van der Waals surface area contributed by atoms with Gasteiger partial charge in [-0.25, -0.2) is 0 Å². The van der Waals surface area contributed by atoms with Gasteiger partial charge in [0.25, 0.3) is 0 Å². The number of hydrogen-bond donors (Lipinski definition) is 1. The molecular weight excluding hydrogens is 500 g/mol. The summed E-state index contributed by atoms with van der Waals surface area (Å²) >= 11 is 7.38. The second-order valence-corrected chi connectivity index (χ2v) is 10.3. The van der Waals surface area contributed by atoms with Crippen LogP contribution in [0.5, 0.6) is 0 Å². The number of fused-ring (bicyclic) bond motifs is 6. The molecule has 3 fully saturated rings. The molecule has 1 aliphatic heterocycles. The maximum Gasteiger partial charge on any atom is 0.233 e. The molecule has 7 heteroatoms. The van der Waals surface area contributed by atoms with Crippen molar-refractivity contribution in [1.82, 2.24) is 4.90 Å². The highest BCUT2D eigenvalue weighted by atomic mass is 79.9. The zero-order valence-electron chi connectivity index (χ0n) is 15.6. The van der Waals surface area contributed by atoms with E-state index in [1.165, 1.54) is 4.90 Å². The van der Waals surface area contributed by atoms with Gasteiger partial charge in [0.05, 0.1) is 11.8 Å². The van der Waals surface area contributed by atoms with Gasteiger partial charge in [0.1, 0.15) is 0 Å². The van der Waals surface area contributed by atoms with Gasteiger partial charge in [0.15, 0.2) is 0 Å². The zero-order valence-corrected chi connectivity index (χ0v) is 18.7. The Bertz CT molecular complexity index is 989. The summed E-state index contributed by atoms with van der Waals surface area (Å²) < 4.78 is 0. The number of halogens is 2. The molecule has 5 rings (SSSR count). The summed E-state index contributed by atoms with van der Waals surface area (Å²) in [4.78, 5) is 40.2. The molecule has 1 N–H and O–H groups in total. The lowest BCUT2D eigenvalue weighted by Gasteiger charge is -2.28. The van der Waals surface area contributed by atoms with Gasteiger partial charge < -0.3 is 5.32 Å². The Hall–Kier alpha value is -1.73. The number of alkyl halides is 2. The Morgan fingerprint density at radius 3 is 2.28 bits per heavy atom. The summed E-state index contributed by atoms with van der Waals surface area (Å²) in [6, 6.07) is 13.6. The number of carbonyl (C=O) groups excluding carboxylic acids is 3. The van der Waals surface area contributed by atoms with Gasteiger partial charge >= 0.3 is 0 Å². The van der Waals surface area contributed by atoms with E-state index in [1.54, 1.807) is 0 Å². The lowest BCUT2D eigenvalue weighted by molar-refractivity contribution is -0.140. The second-order valence-electron chi connectivity index (χ2n) is 8.16. The van der Waals surface area contributed by atoms with Crippen LogP contribution in [0.1, 0.15) is 12.8 Å². The number of benzene rings is 2. The molecule has 2 aromatic carbocycles. The fourth-order valence-corrected chi connectivity index (χ4v) is 7.26. The number of likely N-dealkylation sites (tertiary alicyclic amines) is 1. The topological polar surface area (TPSA) is 66.5 Å². The highest BCUT2D eigenvalue weighted by Gasteiger charge is 2.66. The van der Waals surface area contributed by atoms with Crippen LogP contribution in [0.3, 0.4) is 0 Å². The Morgan fingerprint density at radius 1 is 0.966 bits per heavy atom. The molecule has 1 saturated heterocycles. The Labute approximate surface area is 185 Å². The highest BCUT2D eigenvalue weighted by Crippen LogP contribution is 2.60. The van der Waals surface area contributed by atoms with E-state index in [2.05, 4.69) is 37.2 Å². The van der Waals surface area contributed by atoms with Crippen molar-refractivity contribution in [3.63, 3.8) is 0 Å². The van der Waals surface area contributed by atoms with E-state index in [0.29, 0.717) is 0 Å². The van der Waals surface area contributed by atoms with Crippen molar-refractivity contribution in [2.45, 2.75) is 22.5 Å². The first-order chi connectivity index (χ1) is 14.0. The third kappa shape index (κ3) is 2.96. The maximum absolute atomic E-state index is 12.9. The zero-order chi connectivity index (χ0) is 20.3. The minimum absolute atomic E-state index is 0.102. The quantitative estimate of drug-likeness (QED) is 0.491. The highest BCUT2D eigenvalue weighted by molar-refractivity contribution is 9.12. The molecule has 2 saturated carbocycles. The number of nitrogens with zero attached hydrogens (tertiary/aromatic N) is 1. The van der Waals surface area contributed by atoms with E-state index in [-0.39, 0.29) is 64.0 Å². The van der Waals surface area contributed by atoms with Crippen molar-refractivity contribution < 1.29 is 14.4 Å². The predicted octanol–water partition coefficient (Wildman–Crippen LogP) is 3.95. The predicted molar refractivity (Wildman–Crippen MR) is 118 cm³/mol. The SMILES string of the molecule is O=C(CCN1C(=O)[C@@H]2[C@H]3C[C@@H]([C@H](Br)[C@H]3Br)[C@H]2C1=O)Nc1cccc2ccccc12. The lowest BCUT2D eigenvalue weighted by atomic mass is 9.81. The molecule has 5 nitrogen and oxygen atoms in total. The van der Waals surface area contributed by atoms with E-state index in [9.17, 15) is 14.4 Å². The third-order valence-corrected chi connectivity index (χ3v) is 9.91. The summed E-state index contributed by atoms with van der Waals surface area (Å²) in [6.45, 7) is 0.139. The maximum atomic E-state index is 12.9. The first kappa shape index (κ1) is 19.2. The summed E-state index contributed by atoms with van der Waals surface area (Å²) in [5.41, 5.74) is 0.742. The first-order valence-electron chi connectivity index (χ1n) is 9.88. The number of hydrogen-bond acceptors (Lipinski definition) is 3. The minimum atomic E-state index is -0.230. The van der Waals surface area contributed by atoms with Gasteiger partial charge in [0.2, 0.25) is 17.7 Å². The molecule has 0 aromatic heterocycles. The summed E-state index contributed by atoms with van der Waals surface area (Å²) in [6.07, 6.45) is 1.01. The minimum Gasteiger partial charge on any atom is -0.325 e. The van der Waals surface area contributed by atoms with Crippen LogP contribution in [0.2, 0.25) is 0 Å². The smallest absolute Gasteiger partial charge is 0.233 e. The average Bonchev–Trinajstić information content (AvgIpc) is 3.32. The van der Waals surface area contributed by atoms with Crippen LogP contribution in [0.15, 0.2) is 42.5 Å².